The molecule has 0 radical (unpaired) electrons. The van der Waals surface area contributed by atoms with Gasteiger partial charge in [0, 0.05) is 25.1 Å². The summed E-state index contributed by atoms with van der Waals surface area (Å²) in [5, 5.41) is 9.50. The molecule has 10 nitrogen and oxygen atoms in total. The second kappa shape index (κ2) is 14.8. The molecule has 0 aromatic heterocycles. The van der Waals surface area contributed by atoms with Crippen LogP contribution < -0.4 is 35.6 Å². The number of aryl methyl sites for hydroxylation is 1. The highest BCUT2D eigenvalue weighted by Gasteiger charge is 2.31. The topological polar surface area (TPSA) is 118 Å². The molecule has 2 aliphatic rings. The second-order valence-corrected chi connectivity index (χ2v) is 11.8. The fraction of sp³-hybridized carbons (Fsp3) is 0.559. The maximum Gasteiger partial charge on any atom is 0.242 e. The van der Waals surface area contributed by atoms with E-state index in [4.69, 9.17) is 14.2 Å². The highest BCUT2D eigenvalue weighted by atomic mass is 16.5. The van der Waals surface area contributed by atoms with Gasteiger partial charge in [0.25, 0.3) is 0 Å². The summed E-state index contributed by atoms with van der Waals surface area (Å²) in [6.07, 6.45) is 4.14. The van der Waals surface area contributed by atoms with Crippen molar-refractivity contribution in [3.05, 3.63) is 45.6 Å². The molecule has 4 rings (SSSR count). The predicted molar refractivity (Wildman–Crippen MR) is 173 cm³/mol. The number of methoxy groups -OCH3 is 3. The van der Waals surface area contributed by atoms with Gasteiger partial charge in [-0.25, -0.2) is 0 Å². The van der Waals surface area contributed by atoms with Gasteiger partial charge in [-0.3, -0.25) is 19.3 Å². The number of fused-ring (bicyclic) bond motifs is 3. The molecule has 1 heterocycles. The minimum atomic E-state index is -0.594. The Morgan fingerprint density at radius 3 is 2.43 bits per heavy atom. The molecule has 0 saturated carbocycles. The quantitative estimate of drug-likeness (QED) is 0.327. The van der Waals surface area contributed by atoms with E-state index in [1.165, 1.54) is 6.92 Å². The number of benzene rings is 1. The number of hydrogen-bond acceptors (Lipinski definition) is 8. The lowest BCUT2D eigenvalue weighted by Crippen LogP contribution is -2.48. The molecule has 2 aromatic rings. The number of carbonyl (C=O) groups excluding carboxylic acids is 2. The number of nitrogens with one attached hydrogen (secondary N) is 3. The Hall–Kier alpha value is -3.79. The number of likely N-dealkylation sites (N-methyl/N-ethyl adjacent to an activating group) is 1. The zero-order valence-corrected chi connectivity index (χ0v) is 27.2. The van der Waals surface area contributed by atoms with Crippen LogP contribution in [0.25, 0.3) is 11.1 Å². The van der Waals surface area contributed by atoms with Crippen molar-refractivity contribution in [2.75, 3.05) is 46.3 Å². The standard InChI is InChI=1S/C34H48N4O6/c1-8-20(3)31(34(41)35-19-23-11-10-16-38(23)9-2)37-27-15-13-24-25(18-28(27)40)26(36-21(4)39)14-12-22-17-29(42-5)32(43-6)33(44-7)30(22)24/h13,15,17-18,20,23,26,31H,8-12,14,16,19H2,1-7H3,(H,35,41)(H,36,39)(H,37,40)/t20-,23-,26+,31+/m1/s1. The number of amides is 2. The fourth-order valence-corrected chi connectivity index (χ4v) is 6.57. The second-order valence-electron chi connectivity index (χ2n) is 11.8. The van der Waals surface area contributed by atoms with Crippen molar-refractivity contribution in [2.45, 2.75) is 77.9 Å². The van der Waals surface area contributed by atoms with E-state index >= 15 is 0 Å². The van der Waals surface area contributed by atoms with Crippen molar-refractivity contribution >= 4 is 17.5 Å². The molecule has 1 fully saturated rings. The van der Waals surface area contributed by atoms with Gasteiger partial charge in [-0.2, -0.15) is 0 Å². The molecule has 0 spiro atoms. The van der Waals surface area contributed by atoms with Crippen LogP contribution in [0.2, 0.25) is 0 Å². The highest BCUT2D eigenvalue weighted by molar-refractivity contribution is 5.86. The van der Waals surface area contributed by atoms with Gasteiger partial charge in [0.1, 0.15) is 6.04 Å². The normalized spacial score (nSPS) is 19.1. The van der Waals surface area contributed by atoms with Gasteiger partial charge in [0.15, 0.2) is 11.5 Å². The van der Waals surface area contributed by atoms with E-state index in [-0.39, 0.29) is 23.2 Å². The molecule has 3 N–H and O–H groups in total. The van der Waals surface area contributed by atoms with E-state index in [1.807, 2.05) is 26.0 Å². The van der Waals surface area contributed by atoms with E-state index in [1.54, 1.807) is 33.5 Å². The van der Waals surface area contributed by atoms with Crippen LogP contribution in [0.5, 0.6) is 17.2 Å². The van der Waals surface area contributed by atoms with Gasteiger partial charge < -0.3 is 30.2 Å². The van der Waals surface area contributed by atoms with Crippen molar-refractivity contribution in [1.82, 2.24) is 15.5 Å². The van der Waals surface area contributed by atoms with Crippen molar-refractivity contribution in [3.63, 3.8) is 0 Å². The van der Waals surface area contributed by atoms with E-state index < -0.39 is 12.1 Å². The first kappa shape index (κ1) is 33.1. The van der Waals surface area contributed by atoms with E-state index in [0.717, 1.165) is 49.0 Å². The third kappa shape index (κ3) is 6.96. The van der Waals surface area contributed by atoms with Gasteiger partial charge in [-0.15, -0.1) is 0 Å². The number of carbonyl (C=O) groups is 2. The minimum Gasteiger partial charge on any atom is -0.493 e. The Labute approximate surface area is 260 Å². The molecule has 10 heteroatoms. The Balaban J connectivity index is 1.78. The third-order valence-electron chi connectivity index (χ3n) is 9.14. The molecule has 2 amide bonds. The molecule has 2 aromatic carbocycles. The van der Waals surface area contributed by atoms with Crippen molar-refractivity contribution < 1.29 is 23.8 Å². The monoisotopic (exact) mass is 608 g/mol. The molecular formula is C34H48N4O6. The van der Waals surface area contributed by atoms with Crippen LogP contribution in [0.3, 0.4) is 0 Å². The Kier molecular flexibility index (Phi) is 11.1. The largest absolute Gasteiger partial charge is 0.493 e. The summed E-state index contributed by atoms with van der Waals surface area (Å²) in [6.45, 7) is 10.3. The average Bonchev–Trinajstić information content (AvgIpc) is 3.36. The van der Waals surface area contributed by atoms with Crippen LogP contribution in [0.4, 0.5) is 5.69 Å². The minimum absolute atomic E-state index is 0.0201. The lowest BCUT2D eigenvalue weighted by molar-refractivity contribution is -0.123. The lowest BCUT2D eigenvalue weighted by atomic mass is 9.95. The van der Waals surface area contributed by atoms with E-state index in [0.29, 0.717) is 53.9 Å². The van der Waals surface area contributed by atoms with Crippen molar-refractivity contribution in [3.8, 4) is 28.4 Å². The molecule has 0 bridgehead atoms. The first-order valence-corrected chi connectivity index (χ1v) is 15.7. The highest BCUT2D eigenvalue weighted by Crippen LogP contribution is 2.50. The predicted octanol–water partition coefficient (Wildman–Crippen LogP) is 4.29. The van der Waals surface area contributed by atoms with Crippen LogP contribution >= 0.6 is 0 Å². The maximum atomic E-state index is 13.9. The number of ether oxygens (including phenoxy) is 3. The number of likely N-dealkylation sites (tertiary alicyclic amines) is 1. The number of hydrogen-bond donors (Lipinski definition) is 3. The fourth-order valence-electron chi connectivity index (χ4n) is 6.57. The number of rotatable bonds is 12. The first-order chi connectivity index (χ1) is 21.2. The number of anilines is 1. The summed E-state index contributed by atoms with van der Waals surface area (Å²) in [6, 6.07) is 6.43. The summed E-state index contributed by atoms with van der Waals surface area (Å²) in [5.74, 6) is 1.15. The van der Waals surface area contributed by atoms with Crippen LogP contribution in [-0.4, -0.2) is 69.8 Å². The van der Waals surface area contributed by atoms with Crippen LogP contribution in [-0.2, 0) is 16.0 Å². The lowest BCUT2D eigenvalue weighted by Gasteiger charge is -2.27. The zero-order valence-electron chi connectivity index (χ0n) is 27.2. The van der Waals surface area contributed by atoms with Crippen LogP contribution in [0.15, 0.2) is 29.1 Å². The average molecular weight is 609 g/mol. The molecule has 1 aliphatic heterocycles. The van der Waals surface area contributed by atoms with Gasteiger partial charge >= 0.3 is 0 Å². The molecule has 0 unspecified atom stereocenters. The SMILES string of the molecule is CC[C@@H](C)[C@H](Nc1ccc2c(cc1=O)[C@@H](NC(C)=O)CCc1cc(OC)c(OC)c(OC)c1-2)C(=O)NC[C@H]1CCCN1CC. The number of nitrogens with zero attached hydrogens (tertiary/aromatic N) is 1. The third-order valence-corrected chi connectivity index (χ3v) is 9.14. The molecule has 1 saturated heterocycles. The summed E-state index contributed by atoms with van der Waals surface area (Å²) in [7, 11) is 4.70. The summed E-state index contributed by atoms with van der Waals surface area (Å²) in [5.41, 5.74) is 3.20. The van der Waals surface area contributed by atoms with E-state index in [9.17, 15) is 14.4 Å². The van der Waals surface area contributed by atoms with Gasteiger partial charge in [0.2, 0.25) is 23.0 Å². The molecule has 240 valence electrons. The molecule has 44 heavy (non-hydrogen) atoms. The Morgan fingerprint density at radius 1 is 1.05 bits per heavy atom. The van der Waals surface area contributed by atoms with Gasteiger partial charge in [-0.05, 0) is 79.6 Å². The van der Waals surface area contributed by atoms with Crippen LogP contribution in [0, 0.1) is 5.92 Å². The molecular weight excluding hydrogens is 560 g/mol. The van der Waals surface area contributed by atoms with Crippen molar-refractivity contribution in [1.29, 1.82) is 0 Å². The summed E-state index contributed by atoms with van der Waals surface area (Å²) < 4.78 is 17.2. The summed E-state index contributed by atoms with van der Waals surface area (Å²) >= 11 is 0. The molecule has 1 aliphatic carbocycles. The van der Waals surface area contributed by atoms with Gasteiger partial charge in [-0.1, -0.05) is 33.3 Å². The van der Waals surface area contributed by atoms with E-state index in [2.05, 4.69) is 27.8 Å². The zero-order chi connectivity index (χ0) is 32.0. The van der Waals surface area contributed by atoms with Crippen LogP contribution in [0.1, 0.15) is 70.5 Å². The van der Waals surface area contributed by atoms with Crippen molar-refractivity contribution in [2.24, 2.45) is 5.92 Å². The maximum absolute atomic E-state index is 13.9. The summed E-state index contributed by atoms with van der Waals surface area (Å²) in [4.78, 5) is 42.1. The first-order valence-electron chi connectivity index (χ1n) is 15.7. The van der Waals surface area contributed by atoms with Gasteiger partial charge in [0.05, 0.1) is 33.1 Å². The Morgan fingerprint density at radius 2 is 1.80 bits per heavy atom. The molecule has 4 atom stereocenters. The Bertz CT molecular complexity index is 1410. The smallest absolute Gasteiger partial charge is 0.242 e.